The summed E-state index contributed by atoms with van der Waals surface area (Å²) in [7, 11) is 0. The molecule has 2 heterocycles. The van der Waals surface area contributed by atoms with Gasteiger partial charge in [-0.05, 0) is 66.4 Å². The molecule has 1 aliphatic rings. The van der Waals surface area contributed by atoms with Gasteiger partial charge in [-0.1, -0.05) is 42.5 Å². The lowest BCUT2D eigenvalue weighted by Gasteiger charge is -2.38. The number of nitrogens with two attached hydrogens (primary N) is 1. The van der Waals surface area contributed by atoms with Gasteiger partial charge < -0.3 is 30.6 Å². The lowest BCUT2D eigenvalue weighted by Crippen LogP contribution is -2.47. The van der Waals surface area contributed by atoms with Crippen LogP contribution in [0.4, 0.5) is 17.1 Å². The Morgan fingerprint density at radius 3 is 2.20 bits per heavy atom. The number of hydrogen-bond donors (Lipinski definition) is 3. The Morgan fingerprint density at radius 1 is 0.825 bits per heavy atom. The zero-order valence-electron chi connectivity index (χ0n) is 22.7. The molecule has 1 saturated heterocycles. The number of nitrogens with one attached hydrogen (secondary N) is 2. The van der Waals surface area contributed by atoms with Gasteiger partial charge in [-0.15, -0.1) is 0 Å². The van der Waals surface area contributed by atoms with Gasteiger partial charge in [0.1, 0.15) is 0 Å². The van der Waals surface area contributed by atoms with Crippen molar-refractivity contribution in [2.75, 3.05) is 47.8 Å². The number of amides is 2. The number of piperazine rings is 1. The monoisotopic (exact) mass is 537 g/mol. The van der Waals surface area contributed by atoms with Crippen molar-refractivity contribution in [1.82, 2.24) is 5.32 Å². The molecule has 0 atom stereocenters. The van der Waals surface area contributed by atoms with E-state index in [-0.39, 0.29) is 17.6 Å². The normalized spacial score (nSPS) is 13.2. The van der Waals surface area contributed by atoms with Crippen LogP contribution in [-0.2, 0) is 13.0 Å². The van der Waals surface area contributed by atoms with Crippen LogP contribution in [0.3, 0.4) is 0 Å². The van der Waals surface area contributed by atoms with Crippen LogP contribution in [0.5, 0.6) is 0 Å². The van der Waals surface area contributed by atoms with E-state index in [9.17, 15) is 9.59 Å². The summed E-state index contributed by atoms with van der Waals surface area (Å²) >= 11 is 0. The first kappa shape index (κ1) is 27.0. The van der Waals surface area contributed by atoms with Crippen LogP contribution in [-0.4, -0.2) is 44.5 Å². The van der Waals surface area contributed by atoms with Crippen LogP contribution in [0.25, 0.3) is 0 Å². The topological polar surface area (TPSA) is 104 Å². The quantitative estimate of drug-likeness (QED) is 0.288. The molecular weight excluding hydrogens is 502 g/mol. The minimum Gasteiger partial charge on any atom is -0.459 e. The van der Waals surface area contributed by atoms with Crippen molar-refractivity contribution in [3.05, 3.63) is 113 Å². The van der Waals surface area contributed by atoms with Crippen LogP contribution in [0.1, 0.15) is 37.6 Å². The van der Waals surface area contributed by atoms with Crippen molar-refractivity contribution in [2.24, 2.45) is 5.73 Å². The third-order valence-corrected chi connectivity index (χ3v) is 7.29. The highest BCUT2D eigenvalue weighted by Gasteiger charge is 2.23. The molecule has 4 N–H and O–H groups in total. The molecule has 2 amide bonds. The summed E-state index contributed by atoms with van der Waals surface area (Å²) in [4.78, 5) is 30.6. The van der Waals surface area contributed by atoms with Crippen molar-refractivity contribution in [2.45, 2.75) is 19.9 Å². The summed E-state index contributed by atoms with van der Waals surface area (Å²) in [6, 6.07) is 25.3. The number of para-hydroxylation sites is 1. The molecule has 4 aromatic rings. The third-order valence-electron chi connectivity index (χ3n) is 7.29. The molecule has 1 aromatic heterocycles. The van der Waals surface area contributed by atoms with Crippen molar-refractivity contribution in [3.63, 3.8) is 0 Å². The molecule has 0 spiro atoms. The molecule has 8 heteroatoms. The second-order valence-electron chi connectivity index (χ2n) is 9.95. The van der Waals surface area contributed by atoms with Gasteiger partial charge in [0.05, 0.1) is 17.6 Å². The maximum Gasteiger partial charge on any atom is 0.291 e. The molecule has 206 valence electrons. The van der Waals surface area contributed by atoms with Crippen LogP contribution >= 0.6 is 0 Å². The van der Waals surface area contributed by atoms with E-state index in [4.69, 9.17) is 10.2 Å². The number of benzene rings is 3. The Labute approximate surface area is 234 Å². The van der Waals surface area contributed by atoms with Gasteiger partial charge >= 0.3 is 0 Å². The molecule has 8 nitrogen and oxygen atoms in total. The number of aryl methyl sites for hydroxylation is 1. The summed E-state index contributed by atoms with van der Waals surface area (Å²) in [5.41, 5.74) is 12.3. The minimum atomic E-state index is -0.358. The summed E-state index contributed by atoms with van der Waals surface area (Å²) < 4.78 is 5.30. The summed E-state index contributed by atoms with van der Waals surface area (Å²) in [6.45, 7) is 6.41. The Hall–Kier alpha value is -4.56. The van der Waals surface area contributed by atoms with Gasteiger partial charge in [0, 0.05) is 50.5 Å². The van der Waals surface area contributed by atoms with E-state index in [1.54, 1.807) is 18.2 Å². The average Bonchev–Trinajstić information content (AvgIpc) is 3.53. The van der Waals surface area contributed by atoms with Crippen LogP contribution < -0.4 is 26.2 Å². The van der Waals surface area contributed by atoms with Crippen molar-refractivity contribution >= 4 is 28.9 Å². The fraction of sp³-hybridized carbons (Fsp3) is 0.250. The third kappa shape index (κ3) is 6.35. The van der Waals surface area contributed by atoms with Crippen LogP contribution in [0.15, 0.2) is 89.5 Å². The van der Waals surface area contributed by atoms with E-state index in [0.29, 0.717) is 30.8 Å². The molecule has 40 heavy (non-hydrogen) atoms. The van der Waals surface area contributed by atoms with Crippen molar-refractivity contribution < 1.29 is 14.0 Å². The zero-order valence-corrected chi connectivity index (χ0v) is 22.7. The predicted octanol–water partition coefficient (Wildman–Crippen LogP) is 4.60. The molecule has 0 unspecified atom stereocenters. The summed E-state index contributed by atoms with van der Waals surface area (Å²) in [5, 5.41) is 5.97. The van der Waals surface area contributed by atoms with Gasteiger partial charge in [-0.3, -0.25) is 9.59 Å². The lowest BCUT2D eigenvalue weighted by atomic mass is 10.1. The number of anilines is 3. The lowest BCUT2D eigenvalue weighted by molar-refractivity contribution is 0.0952. The molecule has 0 bridgehead atoms. The first-order valence-corrected chi connectivity index (χ1v) is 13.6. The number of hydrogen-bond acceptors (Lipinski definition) is 6. The first-order chi connectivity index (χ1) is 19.5. The summed E-state index contributed by atoms with van der Waals surface area (Å²) in [5.74, 6) is -0.336. The second kappa shape index (κ2) is 12.5. The molecule has 1 fully saturated rings. The van der Waals surface area contributed by atoms with Gasteiger partial charge in [-0.2, -0.15) is 0 Å². The molecular formula is C32H35N5O3. The first-order valence-electron chi connectivity index (χ1n) is 13.6. The molecule has 1 aliphatic heterocycles. The van der Waals surface area contributed by atoms with Gasteiger partial charge in [0.25, 0.3) is 11.8 Å². The molecule has 0 radical (unpaired) electrons. The molecule has 0 aliphatic carbocycles. The highest BCUT2D eigenvalue weighted by Crippen LogP contribution is 2.30. The number of carbonyl (C=O) groups is 2. The van der Waals surface area contributed by atoms with Gasteiger partial charge in [0.15, 0.2) is 5.76 Å². The fourth-order valence-electron chi connectivity index (χ4n) is 5.02. The van der Waals surface area contributed by atoms with Crippen LogP contribution in [0, 0.1) is 6.92 Å². The molecule has 3 aromatic carbocycles. The largest absolute Gasteiger partial charge is 0.459 e. The Kier molecular flexibility index (Phi) is 8.47. The fourth-order valence-corrected chi connectivity index (χ4v) is 5.02. The van der Waals surface area contributed by atoms with E-state index < -0.39 is 0 Å². The predicted molar refractivity (Wildman–Crippen MR) is 159 cm³/mol. The zero-order chi connectivity index (χ0) is 27.9. The van der Waals surface area contributed by atoms with E-state index >= 15 is 0 Å². The Bertz CT molecular complexity index is 1440. The van der Waals surface area contributed by atoms with E-state index in [1.165, 1.54) is 17.5 Å². The maximum atomic E-state index is 13.0. The number of nitrogens with zero attached hydrogens (tertiary/aromatic N) is 2. The SMILES string of the molecule is Cc1ccccc1N1CCN(c2ccc(C(=O)NCCc3ccc(CN)cc3)cc2NC(=O)c2ccco2)CC1. The van der Waals surface area contributed by atoms with Crippen LogP contribution in [0.2, 0.25) is 0 Å². The Morgan fingerprint density at radius 2 is 1.52 bits per heavy atom. The van der Waals surface area contributed by atoms with Gasteiger partial charge in [0.2, 0.25) is 0 Å². The highest BCUT2D eigenvalue weighted by molar-refractivity contribution is 6.05. The average molecular weight is 538 g/mol. The molecule has 5 rings (SSSR count). The van der Waals surface area contributed by atoms with Crippen molar-refractivity contribution in [1.29, 1.82) is 0 Å². The van der Waals surface area contributed by atoms with E-state index in [1.807, 2.05) is 36.4 Å². The number of rotatable bonds is 9. The number of furan rings is 1. The maximum absolute atomic E-state index is 13.0. The van der Waals surface area contributed by atoms with Crippen molar-refractivity contribution in [3.8, 4) is 0 Å². The number of carbonyl (C=O) groups excluding carboxylic acids is 2. The van der Waals surface area contributed by atoms with Gasteiger partial charge in [-0.25, -0.2) is 0 Å². The molecule has 0 saturated carbocycles. The second-order valence-corrected chi connectivity index (χ2v) is 9.95. The highest BCUT2D eigenvalue weighted by atomic mass is 16.3. The van der Waals surface area contributed by atoms with E-state index in [0.717, 1.165) is 43.0 Å². The minimum absolute atomic E-state index is 0.192. The Balaban J connectivity index is 1.29. The summed E-state index contributed by atoms with van der Waals surface area (Å²) in [6.07, 6.45) is 2.18. The smallest absolute Gasteiger partial charge is 0.291 e. The van der Waals surface area contributed by atoms with E-state index in [2.05, 4.69) is 51.6 Å². The standard InChI is InChI=1S/C32H35N5O3/c1-23-5-2-3-6-28(23)36-16-18-37(19-17-36)29-13-12-26(21-27(29)35-32(39)30-7-4-20-40-30)31(38)34-15-14-24-8-10-25(22-33)11-9-24/h2-13,20-21H,14-19,22,33H2,1H3,(H,34,38)(H,35,39).